The van der Waals surface area contributed by atoms with E-state index < -0.39 is 0 Å². The lowest BCUT2D eigenvalue weighted by Crippen LogP contribution is -2.10. The number of rotatable bonds is 14. The Bertz CT molecular complexity index is 1880. The first-order valence-electron chi connectivity index (χ1n) is 21.0. The van der Waals surface area contributed by atoms with Gasteiger partial charge in [0.25, 0.3) is 0 Å². The Labute approximate surface area is 339 Å². The summed E-state index contributed by atoms with van der Waals surface area (Å²) in [5.41, 5.74) is 5.82. The van der Waals surface area contributed by atoms with Crippen molar-refractivity contribution in [1.82, 2.24) is 19.5 Å². The molecule has 0 fully saturated rings. The number of ether oxygens (including phenoxy) is 2. The minimum Gasteiger partial charge on any atom is -0.492 e. The maximum atomic E-state index is 10.8. The molecule has 5 aromatic rings. The van der Waals surface area contributed by atoms with Crippen LogP contribution < -0.4 is 14.8 Å². The molecule has 1 N–H and O–H groups in total. The van der Waals surface area contributed by atoms with Crippen LogP contribution >= 0.6 is 0 Å². The molecule has 8 nitrogen and oxygen atoms in total. The average molecular weight is 768 g/mol. The number of benzene rings is 3. The van der Waals surface area contributed by atoms with Crippen LogP contribution in [0.1, 0.15) is 132 Å². The van der Waals surface area contributed by atoms with E-state index in [0.29, 0.717) is 12.5 Å². The van der Waals surface area contributed by atoms with Gasteiger partial charge in [-0.25, -0.2) is 15.0 Å². The van der Waals surface area contributed by atoms with Gasteiger partial charge in [0.2, 0.25) is 0 Å². The Hall–Kier alpha value is -4.72. The zero-order valence-electron chi connectivity index (χ0n) is 37.3. The van der Waals surface area contributed by atoms with E-state index in [0.717, 1.165) is 74.7 Å². The number of hydrogen-bond donors (Lipinski definition) is 1. The summed E-state index contributed by atoms with van der Waals surface area (Å²) >= 11 is 0. The number of imidazole rings is 1. The van der Waals surface area contributed by atoms with Crippen molar-refractivity contribution in [1.29, 1.82) is 0 Å². The standard InChI is InChI=1S/C31H35N5O2.C8H14O.C4H10.C3H8.C2H6/c1-6-7-8-20(2)17-37-30-21(3)9-12-25-29(30)31(33-18-32-25)35-23-10-14-28(22(4)15-23)38-24-11-13-27-26(16-24)34-19-36(27)5;1-4-5-6-8(9)7(2)3;1-3-4-2;1-3-2;1-2/h9-16,18-20H,6-8,17H2,1-5H3,(H,32,33,35);5-7H,4H2,1-3H3;3-4H2,1-2H3;3H2,1-2H3;1-2H3/b;6-5+;;;. The molecule has 2 heterocycles. The van der Waals surface area contributed by atoms with Crippen molar-refractivity contribution in [3.8, 4) is 17.2 Å². The van der Waals surface area contributed by atoms with Crippen LogP contribution in [0, 0.1) is 25.7 Å². The van der Waals surface area contributed by atoms with Gasteiger partial charge >= 0.3 is 0 Å². The number of unbranched alkanes of at least 4 members (excludes halogenated alkanes) is 2. The Balaban J connectivity index is 0.000000733. The van der Waals surface area contributed by atoms with Crippen LogP contribution in [0.4, 0.5) is 11.5 Å². The number of hydrogen-bond acceptors (Lipinski definition) is 7. The number of carbonyl (C=O) groups excluding carboxylic acids is 1. The number of carbonyl (C=O) groups is 1. The fourth-order valence-corrected chi connectivity index (χ4v) is 5.08. The van der Waals surface area contributed by atoms with Gasteiger partial charge in [0.05, 0.1) is 34.9 Å². The number of nitrogens with zero attached hydrogens (tertiary/aromatic N) is 4. The number of allylic oxidation sites excluding steroid dienone is 2. The predicted molar refractivity (Wildman–Crippen MR) is 241 cm³/mol. The monoisotopic (exact) mass is 768 g/mol. The Kier molecular flexibility index (Phi) is 24.5. The van der Waals surface area contributed by atoms with Crippen LogP contribution in [0.5, 0.6) is 17.2 Å². The molecular formula is C48H73N5O3. The maximum Gasteiger partial charge on any atom is 0.157 e. The van der Waals surface area contributed by atoms with Gasteiger partial charge in [0.15, 0.2) is 5.78 Å². The Morgan fingerprint density at radius 1 is 0.839 bits per heavy atom. The maximum absolute atomic E-state index is 10.8. The van der Waals surface area contributed by atoms with Crippen LogP contribution in [0.15, 0.2) is 73.3 Å². The van der Waals surface area contributed by atoms with Crippen molar-refractivity contribution >= 4 is 39.2 Å². The second kappa shape index (κ2) is 27.8. The van der Waals surface area contributed by atoms with Crippen molar-refractivity contribution in [2.45, 2.75) is 135 Å². The first-order valence-corrected chi connectivity index (χ1v) is 21.0. The highest BCUT2D eigenvalue weighted by Gasteiger charge is 2.15. The lowest BCUT2D eigenvalue weighted by Gasteiger charge is -2.18. The van der Waals surface area contributed by atoms with Gasteiger partial charge in [0.1, 0.15) is 29.4 Å². The number of fused-ring (bicyclic) bond motifs is 2. The van der Waals surface area contributed by atoms with E-state index >= 15 is 0 Å². The highest BCUT2D eigenvalue weighted by Crippen LogP contribution is 2.36. The summed E-state index contributed by atoms with van der Waals surface area (Å²) in [5, 5.41) is 4.40. The highest BCUT2D eigenvalue weighted by molar-refractivity contribution is 5.96. The topological polar surface area (TPSA) is 91.2 Å². The molecule has 0 saturated heterocycles. The molecule has 5 rings (SSSR count). The van der Waals surface area contributed by atoms with Crippen LogP contribution in [-0.2, 0) is 11.8 Å². The third kappa shape index (κ3) is 16.6. The molecule has 0 saturated carbocycles. The molecule has 1 unspecified atom stereocenters. The van der Waals surface area contributed by atoms with Crippen molar-refractivity contribution in [2.75, 3.05) is 11.9 Å². The smallest absolute Gasteiger partial charge is 0.157 e. The first-order chi connectivity index (χ1) is 26.9. The molecule has 0 radical (unpaired) electrons. The van der Waals surface area contributed by atoms with Gasteiger partial charge in [-0.05, 0) is 86.2 Å². The summed E-state index contributed by atoms with van der Waals surface area (Å²) in [7, 11) is 1.98. The highest BCUT2D eigenvalue weighted by atomic mass is 16.5. The number of ketones is 1. The van der Waals surface area contributed by atoms with Crippen LogP contribution in [0.25, 0.3) is 21.9 Å². The summed E-state index contributed by atoms with van der Waals surface area (Å²) in [4.78, 5) is 24.3. The normalized spacial score (nSPS) is 11.0. The molecule has 0 spiro atoms. The summed E-state index contributed by atoms with van der Waals surface area (Å²) in [6, 6.07) is 16.1. The van der Waals surface area contributed by atoms with E-state index in [1.54, 1.807) is 12.4 Å². The van der Waals surface area contributed by atoms with Crippen LogP contribution in [0.2, 0.25) is 0 Å². The largest absolute Gasteiger partial charge is 0.492 e. The summed E-state index contributed by atoms with van der Waals surface area (Å²) in [5.74, 6) is 3.97. The molecular weight excluding hydrogens is 695 g/mol. The van der Waals surface area contributed by atoms with Gasteiger partial charge in [-0.2, -0.15) is 0 Å². The third-order valence-electron chi connectivity index (χ3n) is 8.46. The molecule has 0 aliphatic rings. The number of nitrogens with one attached hydrogen (secondary N) is 1. The molecule has 2 aromatic heterocycles. The summed E-state index contributed by atoms with van der Waals surface area (Å²) < 4.78 is 14.6. The lowest BCUT2D eigenvalue weighted by atomic mass is 10.1. The fraction of sp³-hybridized carbons (Fsp3) is 0.500. The molecule has 0 aliphatic carbocycles. The lowest BCUT2D eigenvalue weighted by molar-refractivity contribution is -0.117. The molecule has 1 atom stereocenters. The van der Waals surface area contributed by atoms with E-state index in [4.69, 9.17) is 9.47 Å². The van der Waals surface area contributed by atoms with E-state index in [-0.39, 0.29) is 11.7 Å². The number of aromatic nitrogens is 4. The van der Waals surface area contributed by atoms with Gasteiger partial charge in [-0.1, -0.05) is 120 Å². The van der Waals surface area contributed by atoms with Gasteiger partial charge < -0.3 is 19.4 Å². The van der Waals surface area contributed by atoms with Crippen LogP contribution in [-0.4, -0.2) is 31.9 Å². The fourth-order valence-electron chi connectivity index (χ4n) is 5.08. The quantitative estimate of drug-likeness (QED) is 0.112. The molecule has 0 bridgehead atoms. The number of anilines is 2. The first kappa shape index (κ1) is 49.3. The molecule has 0 aliphatic heterocycles. The SMILES string of the molecule is CC.CC/C=C/C(=O)C(C)C.CCC.CCCC.CCCCC(C)COc1c(C)ccc2ncnc(Nc3ccc(Oc4ccc5c(c4)ncn5C)c(C)c3)c12. The number of aryl methyl sites for hydroxylation is 3. The van der Waals surface area contributed by atoms with Crippen molar-refractivity contribution in [3.63, 3.8) is 0 Å². The van der Waals surface area contributed by atoms with Crippen molar-refractivity contribution in [3.05, 3.63) is 84.5 Å². The van der Waals surface area contributed by atoms with E-state index in [9.17, 15) is 4.79 Å². The van der Waals surface area contributed by atoms with Gasteiger partial charge in [-0.3, -0.25) is 4.79 Å². The Morgan fingerprint density at radius 2 is 1.54 bits per heavy atom. The average Bonchev–Trinajstić information content (AvgIpc) is 3.57. The predicted octanol–water partition coefficient (Wildman–Crippen LogP) is 14.3. The second-order valence-corrected chi connectivity index (χ2v) is 14.2. The Morgan fingerprint density at radius 3 is 2.14 bits per heavy atom. The van der Waals surface area contributed by atoms with E-state index in [2.05, 4.69) is 80.9 Å². The van der Waals surface area contributed by atoms with Crippen molar-refractivity contribution < 1.29 is 14.3 Å². The zero-order valence-corrected chi connectivity index (χ0v) is 37.3. The molecule has 56 heavy (non-hydrogen) atoms. The minimum absolute atomic E-state index is 0.146. The van der Waals surface area contributed by atoms with Crippen molar-refractivity contribution in [2.24, 2.45) is 18.9 Å². The molecule has 3 aromatic carbocycles. The van der Waals surface area contributed by atoms with Gasteiger partial charge in [-0.15, -0.1) is 0 Å². The summed E-state index contributed by atoms with van der Waals surface area (Å²) in [6.07, 6.45) is 15.3. The van der Waals surface area contributed by atoms with Crippen LogP contribution in [0.3, 0.4) is 0 Å². The second-order valence-electron chi connectivity index (χ2n) is 14.2. The minimum atomic E-state index is 0.146. The molecule has 308 valence electrons. The third-order valence-corrected chi connectivity index (χ3v) is 8.46. The molecule has 0 amide bonds. The van der Waals surface area contributed by atoms with E-state index in [1.165, 1.54) is 32.1 Å². The van der Waals surface area contributed by atoms with Gasteiger partial charge in [0, 0.05) is 24.7 Å². The summed E-state index contributed by atoms with van der Waals surface area (Å²) in [6.45, 7) is 27.7. The van der Waals surface area contributed by atoms with E-state index in [1.807, 2.05) is 102 Å². The molecule has 8 heteroatoms. The zero-order chi connectivity index (χ0) is 42.0.